The van der Waals surface area contributed by atoms with Gasteiger partial charge in [-0.3, -0.25) is 4.79 Å². The SMILES string of the molecule is Cc1noc(/C=C/c2sccc2C=O)c1C. The van der Waals surface area contributed by atoms with Crippen LogP contribution < -0.4 is 0 Å². The summed E-state index contributed by atoms with van der Waals surface area (Å²) in [7, 11) is 0. The third kappa shape index (κ3) is 1.97. The number of hydrogen-bond acceptors (Lipinski definition) is 4. The lowest BCUT2D eigenvalue weighted by atomic mass is 10.2. The van der Waals surface area contributed by atoms with Gasteiger partial charge in [0.25, 0.3) is 0 Å². The quantitative estimate of drug-likeness (QED) is 0.764. The smallest absolute Gasteiger partial charge is 0.162 e. The molecule has 0 N–H and O–H groups in total. The fourth-order valence-corrected chi connectivity index (χ4v) is 2.06. The first-order valence-electron chi connectivity index (χ1n) is 4.86. The second-order valence-electron chi connectivity index (χ2n) is 3.45. The number of thiophene rings is 1. The van der Waals surface area contributed by atoms with Crippen LogP contribution in [0.15, 0.2) is 16.0 Å². The Morgan fingerprint density at radius 2 is 2.19 bits per heavy atom. The molecule has 2 heterocycles. The Balaban J connectivity index is 2.28. The summed E-state index contributed by atoms with van der Waals surface area (Å²) in [4.78, 5) is 11.6. The number of carbonyl (C=O) groups is 1. The molecule has 2 aromatic heterocycles. The average Bonchev–Trinajstić information content (AvgIpc) is 2.86. The Hall–Kier alpha value is -1.68. The average molecular weight is 233 g/mol. The van der Waals surface area contributed by atoms with E-state index in [0.29, 0.717) is 5.56 Å². The fraction of sp³-hybridized carbons (Fsp3) is 0.167. The van der Waals surface area contributed by atoms with Gasteiger partial charge in [0.15, 0.2) is 12.0 Å². The van der Waals surface area contributed by atoms with Crippen LogP contribution in [0.1, 0.15) is 32.3 Å². The van der Waals surface area contributed by atoms with Crippen LogP contribution in [0.4, 0.5) is 0 Å². The van der Waals surface area contributed by atoms with Gasteiger partial charge in [-0.2, -0.15) is 0 Å². The summed E-state index contributed by atoms with van der Waals surface area (Å²) in [5.74, 6) is 0.739. The number of hydrogen-bond donors (Lipinski definition) is 0. The van der Waals surface area contributed by atoms with Crippen molar-refractivity contribution >= 4 is 29.8 Å². The van der Waals surface area contributed by atoms with E-state index in [-0.39, 0.29) is 0 Å². The summed E-state index contributed by atoms with van der Waals surface area (Å²) in [6.07, 6.45) is 4.57. The summed E-state index contributed by atoms with van der Waals surface area (Å²) in [5, 5.41) is 5.76. The van der Waals surface area contributed by atoms with Crippen molar-refractivity contribution in [1.29, 1.82) is 0 Å². The minimum atomic E-state index is 0.704. The van der Waals surface area contributed by atoms with Crippen molar-refractivity contribution in [2.24, 2.45) is 0 Å². The van der Waals surface area contributed by atoms with Crippen LogP contribution in [0.25, 0.3) is 12.2 Å². The molecule has 0 amide bonds. The van der Waals surface area contributed by atoms with Crippen molar-refractivity contribution in [3.05, 3.63) is 38.9 Å². The highest BCUT2D eigenvalue weighted by Crippen LogP contribution is 2.20. The van der Waals surface area contributed by atoms with Crippen molar-refractivity contribution in [3.8, 4) is 0 Å². The maximum absolute atomic E-state index is 10.7. The van der Waals surface area contributed by atoms with Gasteiger partial charge in [0, 0.05) is 16.0 Å². The van der Waals surface area contributed by atoms with Gasteiger partial charge in [-0.1, -0.05) is 5.16 Å². The summed E-state index contributed by atoms with van der Waals surface area (Å²) in [6.45, 7) is 3.86. The predicted octanol–water partition coefficient (Wildman–Crippen LogP) is 3.34. The molecule has 2 rings (SSSR count). The fourth-order valence-electron chi connectivity index (χ4n) is 1.30. The van der Waals surface area contributed by atoms with Crippen LogP contribution in [-0.4, -0.2) is 11.4 Å². The summed E-state index contributed by atoms with van der Waals surface area (Å²) in [5.41, 5.74) is 2.62. The van der Waals surface area contributed by atoms with Crippen LogP contribution in [0.2, 0.25) is 0 Å². The number of rotatable bonds is 3. The van der Waals surface area contributed by atoms with Gasteiger partial charge in [0.2, 0.25) is 0 Å². The van der Waals surface area contributed by atoms with Gasteiger partial charge in [0.1, 0.15) is 0 Å². The molecule has 16 heavy (non-hydrogen) atoms. The topological polar surface area (TPSA) is 43.1 Å². The second-order valence-corrected chi connectivity index (χ2v) is 4.40. The summed E-state index contributed by atoms with van der Waals surface area (Å²) in [6, 6.07) is 1.80. The molecule has 0 bridgehead atoms. The predicted molar refractivity (Wildman–Crippen MR) is 64.6 cm³/mol. The largest absolute Gasteiger partial charge is 0.356 e. The van der Waals surface area contributed by atoms with Crippen molar-refractivity contribution in [2.75, 3.05) is 0 Å². The zero-order valence-electron chi connectivity index (χ0n) is 9.06. The molecule has 0 spiro atoms. The van der Waals surface area contributed by atoms with E-state index in [1.165, 1.54) is 11.3 Å². The third-order valence-corrected chi connectivity index (χ3v) is 3.33. The molecule has 0 aliphatic carbocycles. The van der Waals surface area contributed by atoms with Gasteiger partial charge in [-0.15, -0.1) is 11.3 Å². The van der Waals surface area contributed by atoms with Crippen LogP contribution in [0.3, 0.4) is 0 Å². The van der Waals surface area contributed by atoms with Crippen LogP contribution >= 0.6 is 11.3 Å². The Bertz CT molecular complexity index is 537. The van der Waals surface area contributed by atoms with Gasteiger partial charge in [-0.25, -0.2) is 0 Å². The first kappa shape index (κ1) is 10.8. The molecule has 0 aliphatic heterocycles. The number of aldehydes is 1. The van der Waals surface area contributed by atoms with E-state index in [2.05, 4.69) is 5.16 Å². The van der Waals surface area contributed by atoms with Crippen molar-refractivity contribution < 1.29 is 9.32 Å². The molecular formula is C12H11NO2S. The highest BCUT2D eigenvalue weighted by atomic mass is 32.1. The van der Waals surface area contributed by atoms with E-state index in [4.69, 9.17) is 4.52 Å². The first-order chi connectivity index (χ1) is 7.72. The molecule has 0 atom stereocenters. The molecule has 3 nitrogen and oxygen atoms in total. The highest BCUT2D eigenvalue weighted by Gasteiger charge is 2.05. The van der Waals surface area contributed by atoms with Gasteiger partial charge in [-0.05, 0) is 37.4 Å². The Morgan fingerprint density at radius 1 is 1.38 bits per heavy atom. The van der Waals surface area contributed by atoms with Gasteiger partial charge in [0.05, 0.1) is 5.69 Å². The van der Waals surface area contributed by atoms with Crippen LogP contribution in [0.5, 0.6) is 0 Å². The Morgan fingerprint density at radius 3 is 2.81 bits per heavy atom. The molecule has 0 radical (unpaired) electrons. The standard InChI is InChI=1S/C12H11NO2S/c1-8-9(2)13-15-11(8)3-4-12-10(7-14)5-6-16-12/h3-7H,1-2H3/b4-3+. The lowest BCUT2D eigenvalue weighted by Gasteiger charge is -1.89. The van der Waals surface area contributed by atoms with Crippen molar-refractivity contribution in [2.45, 2.75) is 13.8 Å². The van der Waals surface area contributed by atoms with E-state index in [1.807, 2.05) is 31.4 Å². The highest BCUT2D eigenvalue weighted by molar-refractivity contribution is 7.11. The molecule has 2 aromatic rings. The molecule has 4 heteroatoms. The second kappa shape index (κ2) is 4.45. The van der Waals surface area contributed by atoms with Gasteiger partial charge < -0.3 is 4.52 Å². The molecule has 82 valence electrons. The van der Waals surface area contributed by atoms with E-state index in [0.717, 1.165) is 28.2 Å². The van der Waals surface area contributed by atoms with Crippen molar-refractivity contribution in [3.63, 3.8) is 0 Å². The molecule has 0 saturated carbocycles. The van der Waals surface area contributed by atoms with E-state index in [9.17, 15) is 4.79 Å². The summed E-state index contributed by atoms with van der Waals surface area (Å²) >= 11 is 1.53. The third-order valence-electron chi connectivity index (χ3n) is 2.43. The molecule has 0 aromatic carbocycles. The molecule has 0 aliphatic rings. The zero-order valence-corrected chi connectivity index (χ0v) is 9.88. The monoisotopic (exact) mass is 233 g/mol. The lowest BCUT2D eigenvalue weighted by Crippen LogP contribution is -1.77. The zero-order chi connectivity index (χ0) is 11.5. The van der Waals surface area contributed by atoms with E-state index in [1.54, 1.807) is 6.07 Å². The van der Waals surface area contributed by atoms with Crippen molar-refractivity contribution in [1.82, 2.24) is 5.16 Å². The first-order valence-corrected chi connectivity index (χ1v) is 5.74. The van der Waals surface area contributed by atoms with Crippen LogP contribution in [-0.2, 0) is 0 Å². The van der Waals surface area contributed by atoms with E-state index < -0.39 is 0 Å². The minimum absolute atomic E-state index is 0.704. The maximum Gasteiger partial charge on any atom is 0.162 e. The number of nitrogens with zero attached hydrogens (tertiary/aromatic N) is 1. The Labute approximate surface area is 97.4 Å². The number of aryl methyl sites for hydroxylation is 1. The Kier molecular flexibility index (Phi) is 3.01. The molecule has 0 fully saturated rings. The molecular weight excluding hydrogens is 222 g/mol. The molecule has 0 unspecified atom stereocenters. The number of carbonyl (C=O) groups excluding carboxylic acids is 1. The normalized spacial score (nSPS) is 11.1. The lowest BCUT2D eigenvalue weighted by molar-refractivity contribution is 0.112. The maximum atomic E-state index is 10.7. The van der Waals surface area contributed by atoms with Gasteiger partial charge >= 0.3 is 0 Å². The number of aromatic nitrogens is 1. The molecule has 0 saturated heterocycles. The summed E-state index contributed by atoms with van der Waals surface area (Å²) < 4.78 is 5.15. The van der Waals surface area contributed by atoms with Crippen LogP contribution in [0, 0.1) is 13.8 Å². The minimum Gasteiger partial charge on any atom is -0.356 e. The van der Waals surface area contributed by atoms with E-state index >= 15 is 0 Å².